The van der Waals surface area contributed by atoms with E-state index in [9.17, 15) is 9.18 Å². The number of anilines is 1. The summed E-state index contributed by atoms with van der Waals surface area (Å²) in [5.74, 6) is -0.145. The van der Waals surface area contributed by atoms with E-state index >= 15 is 0 Å². The van der Waals surface area contributed by atoms with Crippen LogP contribution in [0.1, 0.15) is 12.5 Å². The zero-order valence-electron chi connectivity index (χ0n) is 12.9. The van der Waals surface area contributed by atoms with Crippen molar-refractivity contribution in [1.82, 2.24) is 4.90 Å². The lowest BCUT2D eigenvalue weighted by Crippen LogP contribution is -2.55. The summed E-state index contributed by atoms with van der Waals surface area (Å²) in [7, 11) is 0. The summed E-state index contributed by atoms with van der Waals surface area (Å²) in [4.78, 5) is 16.7. The van der Waals surface area contributed by atoms with Crippen LogP contribution in [0.5, 0.6) is 0 Å². The van der Waals surface area contributed by atoms with Crippen LogP contribution < -0.4 is 4.90 Å². The number of hydrogen-bond donors (Lipinski definition) is 0. The van der Waals surface area contributed by atoms with Gasteiger partial charge in [0.05, 0.1) is 6.04 Å². The van der Waals surface area contributed by atoms with Crippen LogP contribution in [0.2, 0.25) is 0 Å². The van der Waals surface area contributed by atoms with Crippen LogP contribution in [0, 0.1) is 5.82 Å². The maximum Gasteiger partial charge on any atom is 0.244 e. The van der Waals surface area contributed by atoms with E-state index in [1.165, 1.54) is 12.1 Å². The molecule has 3 nitrogen and oxygen atoms in total. The van der Waals surface area contributed by atoms with Crippen molar-refractivity contribution in [3.8, 4) is 0 Å². The third-order valence-electron chi connectivity index (χ3n) is 4.20. The van der Waals surface area contributed by atoms with Crippen molar-refractivity contribution in [2.24, 2.45) is 0 Å². The van der Waals surface area contributed by atoms with Gasteiger partial charge in [0.25, 0.3) is 0 Å². The number of rotatable bonds is 3. The van der Waals surface area contributed by atoms with Gasteiger partial charge in [-0.3, -0.25) is 9.69 Å². The van der Waals surface area contributed by atoms with Gasteiger partial charge in [0.15, 0.2) is 0 Å². The molecule has 0 aliphatic carbocycles. The van der Waals surface area contributed by atoms with Crippen molar-refractivity contribution in [2.45, 2.75) is 19.5 Å². The molecular formula is C18H18BrFN2O. The first-order valence-corrected chi connectivity index (χ1v) is 8.39. The minimum Gasteiger partial charge on any atom is -0.310 e. The molecule has 23 heavy (non-hydrogen) atoms. The quantitative estimate of drug-likeness (QED) is 0.812. The van der Waals surface area contributed by atoms with E-state index in [0.717, 1.165) is 22.3 Å². The Bertz CT molecular complexity index is 704. The topological polar surface area (TPSA) is 23.6 Å². The predicted octanol–water partition coefficient (Wildman–Crippen LogP) is 3.83. The van der Waals surface area contributed by atoms with Gasteiger partial charge in [-0.25, -0.2) is 4.39 Å². The first-order chi connectivity index (χ1) is 11.0. The van der Waals surface area contributed by atoms with E-state index < -0.39 is 0 Å². The molecular weight excluding hydrogens is 359 g/mol. The fraction of sp³-hybridized carbons (Fsp3) is 0.278. The van der Waals surface area contributed by atoms with Gasteiger partial charge in [-0.15, -0.1) is 0 Å². The Kier molecular flexibility index (Phi) is 4.78. The normalized spacial score (nSPS) is 19.2. The van der Waals surface area contributed by atoms with E-state index in [1.807, 2.05) is 36.1 Å². The first-order valence-electron chi connectivity index (χ1n) is 7.60. The van der Waals surface area contributed by atoms with Crippen molar-refractivity contribution in [3.05, 3.63) is 64.4 Å². The summed E-state index contributed by atoms with van der Waals surface area (Å²) in [6.45, 7) is 4.02. The Morgan fingerprint density at radius 3 is 2.61 bits per heavy atom. The Balaban J connectivity index is 1.72. The molecule has 1 heterocycles. The van der Waals surface area contributed by atoms with Crippen molar-refractivity contribution in [1.29, 1.82) is 0 Å². The van der Waals surface area contributed by atoms with Gasteiger partial charge in [0.2, 0.25) is 5.91 Å². The number of amides is 1. The summed E-state index contributed by atoms with van der Waals surface area (Å²) in [6.07, 6.45) is 0. The molecule has 1 aliphatic heterocycles. The Hall–Kier alpha value is -1.72. The number of carbonyl (C=O) groups is 1. The summed E-state index contributed by atoms with van der Waals surface area (Å²) >= 11 is 3.45. The van der Waals surface area contributed by atoms with Crippen LogP contribution in [0.15, 0.2) is 53.0 Å². The van der Waals surface area contributed by atoms with E-state index in [1.54, 1.807) is 12.1 Å². The molecule has 0 radical (unpaired) electrons. The van der Waals surface area contributed by atoms with Gasteiger partial charge in [-0.1, -0.05) is 34.1 Å². The number of hydrogen-bond acceptors (Lipinski definition) is 2. The summed E-state index contributed by atoms with van der Waals surface area (Å²) in [6, 6.07) is 14.0. The average Bonchev–Trinajstić information content (AvgIpc) is 2.54. The zero-order chi connectivity index (χ0) is 16.4. The summed E-state index contributed by atoms with van der Waals surface area (Å²) in [5.41, 5.74) is 1.93. The Labute approximate surface area is 143 Å². The highest BCUT2D eigenvalue weighted by Gasteiger charge is 2.32. The molecule has 1 amide bonds. The monoisotopic (exact) mass is 376 g/mol. The fourth-order valence-corrected chi connectivity index (χ4v) is 3.24. The number of piperazine rings is 1. The molecule has 5 heteroatoms. The van der Waals surface area contributed by atoms with Crippen molar-refractivity contribution >= 4 is 27.5 Å². The molecule has 0 spiro atoms. The van der Waals surface area contributed by atoms with Gasteiger partial charge in [0, 0.05) is 29.8 Å². The largest absolute Gasteiger partial charge is 0.310 e. The summed E-state index contributed by atoms with van der Waals surface area (Å²) in [5, 5.41) is 0. The highest BCUT2D eigenvalue weighted by atomic mass is 79.9. The second-order valence-electron chi connectivity index (χ2n) is 5.74. The SMILES string of the molecule is CC1C(=O)N(c2cccc(Br)c2)CCN1Cc1ccc(F)cc1. The lowest BCUT2D eigenvalue weighted by molar-refractivity contribution is -0.125. The molecule has 120 valence electrons. The molecule has 1 unspecified atom stereocenters. The van der Waals surface area contributed by atoms with Gasteiger partial charge >= 0.3 is 0 Å². The third-order valence-corrected chi connectivity index (χ3v) is 4.69. The molecule has 1 saturated heterocycles. The van der Waals surface area contributed by atoms with Crippen molar-refractivity contribution < 1.29 is 9.18 Å². The highest BCUT2D eigenvalue weighted by molar-refractivity contribution is 9.10. The van der Waals surface area contributed by atoms with Crippen LogP contribution in [0.4, 0.5) is 10.1 Å². The third kappa shape index (κ3) is 3.62. The van der Waals surface area contributed by atoms with E-state index in [-0.39, 0.29) is 17.8 Å². The van der Waals surface area contributed by atoms with Crippen LogP contribution in [-0.4, -0.2) is 29.9 Å². The van der Waals surface area contributed by atoms with Crippen LogP contribution >= 0.6 is 15.9 Å². The average molecular weight is 377 g/mol. The molecule has 0 aromatic heterocycles. The second kappa shape index (κ2) is 6.81. The fourth-order valence-electron chi connectivity index (χ4n) is 2.85. The lowest BCUT2D eigenvalue weighted by atomic mass is 10.1. The highest BCUT2D eigenvalue weighted by Crippen LogP contribution is 2.24. The summed E-state index contributed by atoms with van der Waals surface area (Å²) < 4.78 is 14.0. The van der Waals surface area contributed by atoms with Gasteiger partial charge in [0.1, 0.15) is 5.82 Å². The minimum atomic E-state index is -0.239. The number of benzene rings is 2. The molecule has 3 rings (SSSR count). The van der Waals surface area contributed by atoms with E-state index in [0.29, 0.717) is 13.1 Å². The van der Waals surface area contributed by atoms with Gasteiger partial charge < -0.3 is 4.90 Å². The molecule has 0 bridgehead atoms. The Morgan fingerprint density at radius 1 is 1.17 bits per heavy atom. The molecule has 1 atom stereocenters. The molecule has 1 fully saturated rings. The van der Waals surface area contributed by atoms with Gasteiger partial charge in [-0.05, 0) is 42.8 Å². The molecule has 2 aromatic carbocycles. The molecule has 1 aliphatic rings. The van der Waals surface area contributed by atoms with E-state index in [2.05, 4.69) is 20.8 Å². The molecule has 0 N–H and O–H groups in total. The van der Waals surface area contributed by atoms with E-state index in [4.69, 9.17) is 0 Å². The second-order valence-corrected chi connectivity index (χ2v) is 6.66. The minimum absolute atomic E-state index is 0.0939. The smallest absolute Gasteiger partial charge is 0.244 e. The molecule has 2 aromatic rings. The van der Waals surface area contributed by atoms with Crippen LogP contribution in [0.3, 0.4) is 0 Å². The maximum atomic E-state index is 13.0. The lowest BCUT2D eigenvalue weighted by Gasteiger charge is -2.39. The maximum absolute atomic E-state index is 13.0. The van der Waals surface area contributed by atoms with Gasteiger partial charge in [-0.2, -0.15) is 0 Å². The first kappa shape index (κ1) is 16.1. The van der Waals surface area contributed by atoms with Crippen LogP contribution in [0.25, 0.3) is 0 Å². The molecule has 0 saturated carbocycles. The van der Waals surface area contributed by atoms with Crippen LogP contribution in [-0.2, 0) is 11.3 Å². The standard InChI is InChI=1S/C18H18BrFN2O/c1-13-18(23)22(17-4-2-3-15(19)11-17)10-9-21(13)12-14-5-7-16(20)8-6-14/h2-8,11,13H,9-10,12H2,1H3. The van der Waals surface area contributed by atoms with Crippen molar-refractivity contribution in [2.75, 3.05) is 18.0 Å². The van der Waals surface area contributed by atoms with Crippen molar-refractivity contribution in [3.63, 3.8) is 0 Å². The Morgan fingerprint density at radius 2 is 1.91 bits per heavy atom. The number of carbonyl (C=O) groups excluding carboxylic acids is 1. The number of nitrogens with zero attached hydrogens (tertiary/aromatic N) is 2. The zero-order valence-corrected chi connectivity index (χ0v) is 14.5. The predicted molar refractivity (Wildman–Crippen MR) is 92.8 cm³/mol. The number of halogens is 2.